The van der Waals surface area contributed by atoms with Crippen molar-refractivity contribution in [2.24, 2.45) is 5.92 Å². The van der Waals surface area contributed by atoms with Crippen molar-refractivity contribution in [1.82, 2.24) is 14.8 Å². The predicted molar refractivity (Wildman–Crippen MR) is 156 cm³/mol. The van der Waals surface area contributed by atoms with Crippen LogP contribution >= 0.6 is 0 Å². The van der Waals surface area contributed by atoms with Gasteiger partial charge in [-0.15, -0.1) is 0 Å². The molecule has 3 heterocycles. The first-order valence-corrected chi connectivity index (χ1v) is 15.3. The quantitative estimate of drug-likeness (QED) is 0.515. The molecule has 1 aromatic carbocycles. The van der Waals surface area contributed by atoms with Crippen LogP contribution in [0.3, 0.4) is 0 Å². The molecule has 0 radical (unpaired) electrons. The molecular formula is C33H45N3O4. The van der Waals surface area contributed by atoms with Gasteiger partial charge in [-0.25, -0.2) is 0 Å². The smallest absolute Gasteiger partial charge is 0.254 e. The third-order valence-corrected chi connectivity index (χ3v) is 10.3. The third-order valence-electron chi connectivity index (χ3n) is 10.3. The molecule has 4 aliphatic rings. The Morgan fingerprint density at radius 2 is 1.68 bits per heavy atom. The van der Waals surface area contributed by atoms with E-state index in [4.69, 9.17) is 9.47 Å². The van der Waals surface area contributed by atoms with Gasteiger partial charge in [0.2, 0.25) is 0 Å². The van der Waals surface area contributed by atoms with Gasteiger partial charge in [-0.2, -0.15) is 0 Å². The van der Waals surface area contributed by atoms with Gasteiger partial charge in [0.15, 0.2) is 11.5 Å². The Hall–Kier alpha value is -2.80. The third kappa shape index (κ3) is 4.54. The average Bonchev–Trinajstić information content (AvgIpc) is 3.56. The molecule has 2 aliphatic carbocycles. The molecule has 1 unspecified atom stereocenters. The Morgan fingerprint density at radius 3 is 2.33 bits per heavy atom. The van der Waals surface area contributed by atoms with Gasteiger partial charge in [-0.1, -0.05) is 12.8 Å². The van der Waals surface area contributed by atoms with Crippen LogP contribution in [0.2, 0.25) is 0 Å². The summed E-state index contributed by atoms with van der Waals surface area (Å²) < 4.78 is 13.7. The minimum atomic E-state index is -0.712. The molecule has 0 spiro atoms. The van der Waals surface area contributed by atoms with Gasteiger partial charge < -0.3 is 24.3 Å². The number of H-pyrrole nitrogens is 1. The zero-order chi connectivity index (χ0) is 28.3. The van der Waals surface area contributed by atoms with Crippen molar-refractivity contribution in [3.63, 3.8) is 0 Å². The van der Waals surface area contributed by atoms with Crippen LogP contribution in [0.5, 0.6) is 11.5 Å². The van der Waals surface area contributed by atoms with E-state index in [9.17, 15) is 9.59 Å². The van der Waals surface area contributed by atoms with Crippen molar-refractivity contribution < 1.29 is 14.3 Å². The fourth-order valence-corrected chi connectivity index (χ4v) is 7.96. The predicted octanol–water partition coefficient (Wildman–Crippen LogP) is 5.76. The molecule has 1 aromatic heterocycles. The first kappa shape index (κ1) is 27.4. The van der Waals surface area contributed by atoms with Gasteiger partial charge in [0, 0.05) is 53.4 Å². The molecule has 2 aliphatic heterocycles. The Bertz CT molecular complexity index is 1380. The van der Waals surface area contributed by atoms with Crippen LogP contribution in [0.25, 0.3) is 0 Å². The highest BCUT2D eigenvalue weighted by molar-refractivity contribution is 6.00. The van der Waals surface area contributed by atoms with Gasteiger partial charge in [-0.05, 0) is 103 Å². The van der Waals surface area contributed by atoms with E-state index in [0.29, 0.717) is 36.5 Å². The second kappa shape index (κ2) is 10.2. The molecule has 1 atom stereocenters. The maximum atomic E-state index is 14.2. The number of carbonyl (C=O) groups excluding carboxylic acids is 1. The van der Waals surface area contributed by atoms with Gasteiger partial charge in [0.05, 0.1) is 6.54 Å². The van der Waals surface area contributed by atoms with Gasteiger partial charge in [0.25, 0.3) is 17.3 Å². The van der Waals surface area contributed by atoms with Crippen molar-refractivity contribution in [1.29, 1.82) is 0 Å². The highest BCUT2D eigenvalue weighted by Gasteiger charge is 2.49. The number of rotatable bonds is 5. The zero-order valence-corrected chi connectivity index (χ0v) is 25.1. The second-order valence-electron chi connectivity index (χ2n) is 13.1. The number of ether oxygens (including phenoxy) is 2. The fourth-order valence-electron chi connectivity index (χ4n) is 7.96. The number of aromatic nitrogens is 1. The van der Waals surface area contributed by atoms with Crippen LogP contribution in [0.4, 0.5) is 0 Å². The standard InChI is InChI=1S/C33H45N3O4/c1-19-17-20(2)34-31(37)26(19)18-36-16-15-25-27(32(36)38)21(3)29-30(28(25)22-9-7-8-10-22)40-33(4,39-29)23-11-13-24(14-12-23)35(5)6/h17,22-24H,7-16,18H2,1-6H3,(H,34,37). The minimum absolute atomic E-state index is 0.00358. The number of hydrogen-bond acceptors (Lipinski definition) is 5. The molecular weight excluding hydrogens is 502 g/mol. The molecule has 216 valence electrons. The summed E-state index contributed by atoms with van der Waals surface area (Å²) in [5.41, 5.74) is 6.37. The van der Waals surface area contributed by atoms with Crippen molar-refractivity contribution in [2.75, 3.05) is 20.6 Å². The van der Waals surface area contributed by atoms with Crippen molar-refractivity contribution >= 4 is 5.91 Å². The van der Waals surface area contributed by atoms with Crippen LogP contribution < -0.4 is 15.0 Å². The average molecular weight is 548 g/mol. The molecule has 1 amide bonds. The van der Waals surface area contributed by atoms with Crippen molar-refractivity contribution in [2.45, 2.75) is 110 Å². The molecule has 7 heteroatoms. The number of amides is 1. The maximum Gasteiger partial charge on any atom is 0.254 e. The fraction of sp³-hybridized carbons (Fsp3) is 0.636. The normalized spacial score (nSPS) is 26.6. The van der Waals surface area contributed by atoms with E-state index in [1.165, 1.54) is 18.4 Å². The number of benzene rings is 1. The lowest BCUT2D eigenvalue weighted by atomic mass is 9.81. The Labute approximate surface area is 238 Å². The highest BCUT2D eigenvalue weighted by Crippen LogP contribution is 2.55. The van der Waals surface area contributed by atoms with Crippen LogP contribution in [0.1, 0.15) is 108 Å². The van der Waals surface area contributed by atoms with E-state index in [2.05, 4.69) is 30.9 Å². The molecule has 0 bridgehead atoms. The van der Waals surface area contributed by atoms with Crippen molar-refractivity contribution in [3.8, 4) is 11.5 Å². The van der Waals surface area contributed by atoms with E-state index >= 15 is 0 Å². The number of nitrogens with zero attached hydrogens (tertiary/aromatic N) is 2. The highest BCUT2D eigenvalue weighted by atomic mass is 16.7. The summed E-state index contributed by atoms with van der Waals surface area (Å²) in [4.78, 5) is 34.1. The molecule has 0 saturated heterocycles. The lowest BCUT2D eigenvalue weighted by Crippen LogP contribution is -2.46. The molecule has 40 heavy (non-hydrogen) atoms. The number of aryl methyl sites for hydroxylation is 2. The lowest BCUT2D eigenvalue weighted by molar-refractivity contribution is -0.123. The van der Waals surface area contributed by atoms with Gasteiger partial charge >= 0.3 is 0 Å². The Morgan fingerprint density at radius 1 is 1.00 bits per heavy atom. The Kier molecular flexibility index (Phi) is 7.00. The van der Waals surface area contributed by atoms with Crippen LogP contribution in [-0.2, 0) is 13.0 Å². The first-order chi connectivity index (χ1) is 19.1. The van der Waals surface area contributed by atoms with Crippen molar-refractivity contribution in [3.05, 3.63) is 55.5 Å². The summed E-state index contributed by atoms with van der Waals surface area (Å²) in [7, 11) is 4.34. The van der Waals surface area contributed by atoms with Gasteiger partial charge in [0.1, 0.15) is 0 Å². The second-order valence-corrected chi connectivity index (χ2v) is 13.1. The van der Waals surface area contributed by atoms with Crippen LogP contribution in [0, 0.1) is 26.7 Å². The first-order valence-electron chi connectivity index (χ1n) is 15.3. The number of aromatic amines is 1. The number of hydrogen-bond donors (Lipinski definition) is 1. The number of nitrogens with one attached hydrogen (secondary N) is 1. The van der Waals surface area contributed by atoms with Crippen LogP contribution in [-0.4, -0.2) is 53.2 Å². The molecule has 6 rings (SSSR count). The van der Waals surface area contributed by atoms with E-state index in [-0.39, 0.29) is 11.5 Å². The Balaban J connectivity index is 1.36. The topological polar surface area (TPSA) is 74.9 Å². The summed E-state index contributed by atoms with van der Waals surface area (Å²) in [6, 6.07) is 2.59. The number of pyridine rings is 1. The summed E-state index contributed by atoms with van der Waals surface area (Å²) in [5.74, 6) is 1.69. The summed E-state index contributed by atoms with van der Waals surface area (Å²) in [5, 5.41) is 0. The van der Waals surface area contributed by atoms with Crippen LogP contribution in [0.15, 0.2) is 10.9 Å². The zero-order valence-electron chi connectivity index (χ0n) is 25.1. The summed E-state index contributed by atoms with van der Waals surface area (Å²) >= 11 is 0. The monoisotopic (exact) mass is 547 g/mol. The minimum Gasteiger partial charge on any atom is -0.448 e. The summed E-state index contributed by atoms with van der Waals surface area (Å²) in [6.45, 7) is 8.90. The van der Waals surface area contributed by atoms with E-state index < -0.39 is 5.79 Å². The van der Waals surface area contributed by atoms with E-state index in [0.717, 1.165) is 84.4 Å². The lowest BCUT2D eigenvalue weighted by Gasteiger charge is -2.39. The molecule has 2 aromatic rings. The molecule has 7 nitrogen and oxygen atoms in total. The molecule has 2 saturated carbocycles. The largest absolute Gasteiger partial charge is 0.448 e. The maximum absolute atomic E-state index is 14.2. The van der Waals surface area contributed by atoms with E-state index in [1.807, 2.05) is 31.7 Å². The molecule has 2 fully saturated rings. The molecule has 1 N–H and O–H groups in total. The van der Waals surface area contributed by atoms with E-state index in [1.54, 1.807) is 0 Å². The SMILES string of the molecule is Cc1cc(C)c(CN2CCc3c(c(C)c4c(c3C3CCCC3)OC(C)(C3CCC(N(C)C)CC3)O4)C2=O)c(=O)[nH]1. The van der Waals surface area contributed by atoms with Gasteiger partial charge in [-0.3, -0.25) is 9.59 Å². The number of fused-ring (bicyclic) bond motifs is 2. The number of carbonyl (C=O) groups is 1. The summed E-state index contributed by atoms with van der Waals surface area (Å²) in [6.07, 6.45) is 9.90.